The van der Waals surface area contributed by atoms with Crippen LogP contribution in [0.5, 0.6) is 0 Å². The molecule has 2 N–H and O–H groups in total. The molecule has 5 unspecified atom stereocenters. The fourth-order valence-corrected chi connectivity index (χ4v) is 5.12. The minimum Gasteiger partial charge on any atom is -0.393 e. The summed E-state index contributed by atoms with van der Waals surface area (Å²) in [5, 5.41) is 21.2. The third-order valence-corrected chi connectivity index (χ3v) is 6.98. The third kappa shape index (κ3) is 2.42. The Bertz CT molecular complexity index is 630. The van der Waals surface area contributed by atoms with Crippen LogP contribution in [0, 0.1) is 22.7 Å². The molecule has 0 aromatic carbocycles. The number of hydrogen-bond donors (Lipinski definition) is 2. The predicted octanol–water partition coefficient (Wildman–Crippen LogP) is 2.59. The van der Waals surface area contributed by atoms with E-state index in [4.69, 9.17) is 0 Å². The van der Waals surface area contributed by atoms with Crippen LogP contribution in [0.25, 0.3) is 0 Å². The number of rotatable bonds is 0. The van der Waals surface area contributed by atoms with Gasteiger partial charge in [0.2, 0.25) is 0 Å². The minimum absolute atomic E-state index is 0.131. The average molecular weight is 332 g/mol. The summed E-state index contributed by atoms with van der Waals surface area (Å²) in [6, 6.07) is 0. The van der Waals surface area contributed by atoms with Gasteiger partial charge in [-0.1, -0.05) is 33.4 Å². The van der Waals surface area contributed by atoms with E-state index in [0.29, 0.717) is 43.3 Å². The van der Waals surface area contributed by atoms with Gasteiger partial charge in [-0.05, 0) is 42.6 Å². The Morgan fingerprint density at radius 2 is 1.83 bits per heavy atom. The molecule has 4 nitrogen and oxygen atoms in total. The Labute approximate surface area is 143 Å². The highest BCUT2D eigenvalue weighted by Crippen LogP contribution is 2.55. The molecule has 4 heteroatoms. The normalized spacial score (nSPS) is 42.5. The number of fused-ring (bicyclic) bond motifs is 2. The molecular weight excluding hydrogens is 304 g/mol. The van der Waals surface area contributed by atoms with Crippen LogP contribution in [0.4, 0.5) is 0 Å². The summed E-state index contributed by atoms with van der Waals surface area (Å²) in [7, 11) is 0. The molecular formula is C20H28O4. The zero-order chi connectivity index (χ0) is 17.9. The van der Waals surface area contributed by atoms with E-state index in [9.17, 15) is 19.8 Å². The molecule has 1 saturated carbocycles. The molecule has 0 aliphatic heterocycles. The van der Waals surface area contributed by atoms with Crippen LogP contribution in [0.15, 0.2) is 23.8 Å². The molecule has 0 heterocycles. The largest absolute Gasteiger partial charge is 0.393 e. The first-order chi connectivity index (χ1) is 11.1. The van der Waals surface area contributed by atoms with E-state index in [2.05, 4.69) is 6.58 Å². The fraction of sp³-hybridized carbons (Fsp3) is 0.700. The predicted molar refractivity (Wildman–Crippen MR) is 91.2 cm³/mol. The second kappa shape index (κ2) is 5.63. The molecule has 0 aromatic heterocycles. The molecule has 0 saturated heterocycles. The van der Waals surface area contributed by atoms with Crippen LogP contribution < -0.4 is 0 Å². The van der Waals surface area contributed by atoms with Crippen molar-refractivity contribution in [3.8, 4) is 0 Å². The van der Waals surface area contributed by atoms with Crippen LogP contribution in [-0.2, 0) is 9.59 Å². The second-order valence-electron chi connectivity index (χ2n) is 8.64. The van der Waals surface area contributed by atoms with Gasteiger partial charge in [0.25, 0.3) is 0 Å². The Kier molecular flexibility index (Phi) is 4.12. The van der Waals surface area contributed by atoms with Gasteiger partial charge in [0, 0.05) is 23.3 Å². The maximum atomic E-state index is 13.1. The highest BCUT2D eigenvalue weighted by molar-refractivity contribution is 6.11. The van der Waals surface area contributed by atoms with Crippen molar-refractivity contribution in [1.29, 1.82) is 0 Å². The number of Topliss-reactive ketones (excluding diaryl/α,β-unsaturated/α-hetero) is 2. The molecule has 3 rings (SSSR count). The molecule has 0 aromatic rings. The summed E-state index contributed by atoms with van der Waals surface area (Å²) >= 11 is 0. The Balaban J connectivity index is 2.05. The molecule has 0 radical (unpaired) electrons. The smallest absolute Gasteiger partial charge is 0.187 e. The van der Waals surface area contributed by atoms with Crippen molar-refractivity contribution < 1.29 is 19.8 Å². The summed E-state index contributed by atoms with van der Waals surface area (Å²) in [4.78, 5) is 25.5. The number of aliphatic hydroxyl groups is 2. The number of allylic oxidation sites excluding steroid dienone is 2. The molecule has 5 atom stereocenters. The molecule has 3 aliphatic rings. The Morgan fingerprint density at radius 1 is 1.17 bits per heavy atom. The van der Waals surface area contributed by atoms with Gasteiger partial charge in [0.05, 0.1) is 12.2 Å². The van der Waals surface area contributed by atoms with E-state index >= 15 is 0 Å². The third-order valence-electron chi connectivity index (χ3n) is 6.98. The summed E-state index contributed by atoms with van der Waals surface area (Å²) in [6.45, 7) is 9.79. The van der Waals surface area contributed by atoms with Crippen molar-refractivity contribution in [2.24, 2.45) is 22.7 Å². The zero-order valence-electron chi connectivity index (χ0n) is 14.8. The lowest BCUT2D eigenvalue weighted by molar-refractivity contribution is -0.150. The van der Waals surface area contributed by atoms with Crippen molar-refractivity contribution in [2.75, 3.05) is 0 Å². The summed E-state index contributed by atoms with van der Waals surface area (Å²) in [5.74, 6) is -0.287. The number of aliphatic hydroxyl groups excluding tert-OH is 2. The lowest BCUT2D eigenvalue weighted by Gasteiger charge is -2.53. The van der Waals surface area contributed by atoms with Crippen LogP contribution >= 0.6 is 0 Å². The van der Waals surface area contributed by atoms with E-state index in [1.54, 1.807) is 6.08 Å². The van der Waals surface area contributed by atoms with Crippen molar-refractivity contribution >= 4 is 11.6 Å². The summed E-state index contributed by atoms with van der Waals surface area (Å²) < 4.78 is 0. The monoisotopic (exact) mass is 332 g/mol. The Hall–Kier alpha value is -1.26. The van der Waals surface area contributed by atoms with E-state index in [1.807, 2.05) is 20.8 Å². The van der Waals surface area contributed by atoms with Gasteiger partial charge >= 0.3 is 0 Å². The van der Waals surface area contributed by atoms with Crippen molar-refractivity contribution in [3.63, 3.8) is 0 Å². The standard InChI is InChI=1S/C20H28O4/c1-11-12-5-6-17(23)20(4)8-7-16(22)19(2,3)15(20)10-14(21)13(9-12)18(11)24/h9,12,14-16,21-22H,1,5-8,10H2,2-4H3. The van der Waals surface area contributed by atoms with E-state index in [1.165, 1.54) is 0 Å². The number of hydrogen-bond acceptors (Lipinski definition) is 4. The number of carbonyl (C=O) groups is 2. The lowest BCUT2D eigenvalue weighted by Crippen LogP contribution is -2.54. The summed E-state index contributed by atoms with van der Waals surface area (Å²) in [5.41, 5.74) is -0.129. The molecule has 3 aliphatic carbocycles. The quantitative estimate of drug-likeness (QED) is 0.669. The van der Waals surface area contributed by atoms with E-state index < -0.39 is 23.0 Å². The molecule has 2 bridgehead atoms. The fourth-order valence-electron chi connectivity index (χ4n) is 5.12. The van der Waals surface area contributed by atoms with E-state index in [-0.39, 0.29) is 23.4 Å². The maximum Gasteiger partial charge on any atom is 0.187 e. The van der Waals surface area contributed by atoms with Gasteiger partial charge in [0.15, 0.2) is 5.78 Å². The van der Waals surface area contributed by atoms with Gasteiger partial charge < -0.3 is 10.2 Å². The lowest BCUT2D eigenvalue weighted by atomic mass is 9.52. The van der Waals surface area contributed by atoms with Crippen molar-refractivity contribution in [2.45, 2.75) is 65.1 Å². The van der Waals surface area contributed by atoms with Gasteiger partial charge in [-0.2, -0.15) is 0 Å². The highest BCUT2D eigenvalue weighted by atomic mass is 16.3. The first kappa shape index (κ1) is 17.6. The molecule has 132 valence electrons. The summed E-state index contributed by atoms with van der Waals surface area (Å²) in [6.07, 6.45) is 2.93. The molecule has 0 spiro atoms. The van der Waals surface area contributed by atoms with Crippen LogP contribution in [0.3, 0.4) is 0 Å². The van der Waals surface area contributed by atoms with Gasteiger partial charge in [-0.25, -0.2) is 0 Å². The van der Waals surface area contributed by atoms with Crippen LogP contribution in [0.1, 0.15) is 52.9 Å². The molecule has 24 heavy (non-hydrogen) atoms. The van der Waals surface area contributed by atoms with Crippen molar-refractivity contribution in [3.05, 3.63) is 23.8 Å². The molecule has 1 fully saturated rings. The van der Waals surface area contributed by atoms with E-state index in [0.717, 1.165) is 0 Å². The topological polar surface area (TPSA) is 74.6 Å². The highest BCUT2D eigenvalue weighted by Gasteiger charge is 2.55. The van der Waals surface area contributed by atoms with Gasteiger partial charge in [-0.15, -0.1) is 0 Å². The maximum absolute atomic E-state index is 13.1. The van der Waals surface area contributed by atoms with Gasteiger partial charge in [0.1, 0.15) is 5.78 Å². The minimum atomic E-state index is -0.904. The molecule has 0 amide bonds. The van der Waals surface area contributed by atoms with Crippen LogP contribution in [-0.4, -0.2) is 34.0 Å². The van der Waals surface area contributed by atoms with Crippen LogP contribution in [0.2, 0.25) is 0 Å². The average Bonchev–Trinajstić information content (AvgIpc) is 2.80. The first-order valence-corrected chi connectivity index (χ1v) is 8.93. The zero-order valence-corrected chi connectivity index (χ0v) is 14.8. The van der Waals surface area contributed by atoms with Gasteiger partial charge in [-0.3, -0.25) is 9.59 Å². The first-order valence-electron chi connectivity index (χ1n) is 8.93. The number of carbonyl (C=O) groups excluding carboxylic acids is 2. The Morgan fingerprint density at radius 3 is 2.50 bits per heavy atom. The number of ketones is 2. The SMILES string of the molecule is C=C1C(=O)C2=CC1CCC(=O)C1(C)CCC(O)C(C)(C)C1CC2O. The second-order valence-corrected chi connectivity index (χ2v) is 8.64. The van der Waals surface area contributed by atoms with Crippen molar-refractivity contribution in [1.82, 2.24) is 0 Å².